The van der Waals surface area contributed by atoms with Crippen LogP contribution < -0.4 is 5.32 Å². The van der Waals surface area contributed by atoms with Crippen molar-refractivity contribution in [3.05, 3.63) is 70.7 Å². The molecule has 0 saturated heterocycles. The molecule has 1 N–H and O–H groups in total. The maximum Gasteiger partial charge on any atom is 0.0649 e. The van der Waals surface area contributed by atoms with Crippen molar-refractivity contribution in [2.45, 2.75) is 12.5 Å². The summed E-state index contributed by atoms with van der Waals surface area (Å²) in [4.78, 5) is 0. The minimum Gasteiger partial charge on any atom is -0.311 e. The molecule has 0 saturated carbocycles. The number of nitrogens with zero attached hydrogens (tertiary/aromatic N) is 2. The van der Waals surface area contributed by atoms with Crippen LogP contribution in [0.5, 0.6) is 0 Å². The van der Waals surface area contributed by atoms with Crippen LogP contribution in [0.3, 0.4) is 0 Å². The van der Waals surface area contributed by atoms with Crippen LogP contribution in [-0.4, -0.2) is 16.8 Å². The van der Waals surface area contributed by atoms with Gasteiger partial charge in [0.05, 0.1) is 17.4 Å². The zero-order valence-corrected chi connectivity index (χ0v) is 12.2. The number of rotatable bonds is 5. The van der Waals surface area contributed by atoms with Crippen molar-refractivity contribution in [1.29, 1.82) is 0 Å². The zero-order chi connectivity index (χ0) is 13.8. The van der Waals surface area contributed by atoms with Gasteiger partial charge in [-0.2, -0.15) is 16.4 Å². The summed E-state index contributed by atoms with van der Waals surface area (Å²) >= 11 is 1.74. The van der Waals surface area contributed by atoms with E-state index in [9.17, 15) is 0 Å². The number of hydrogen-bond acceptors (Lipinski definition) is 3. The molecular weight excluding hydrogens is 266 g/mol. The highest BCUT2D eigenvalue weighted by atomic mass is 32.1. The van der Waals surface area contributed by atoms with Crippen molar-refractivity contribution in [3.63, 3.8) is 0 Å². The SMILES string of the molecule is CNC(Cc1ccsc1)c1ccnn1-c1ccccc1. The van der Waals surface area contributed by atoms with E-state index in [0.717, 1.165) is 12.1 Å². The van der Waals surface area contributed by atoms with Crippen molar-refractivity contribution < 1.29 is 0 Å². The third-order valence-electron chi connectivity index (χ3n) is 3.40. The summed E-state index contributed by atoms with van der Waals surface area (Å²) in [5.41, 5.74) is 3.64. The van der Waals surface area contributed by atoms with E-state index < -0.39 is 0 Å². The second-order valence-electron chi connectivity index (χ2n) is 4.68. The van der Waals surface area contributed by atoms with Gasteiger partial charge in [0, 0.05) is 6.20 Å². The highest BCUT2D eigenvalue weighted by Gasteiger charge is 2.16. The van der Waals surface area contributed by atoms with Gasteiger partial charge in [0.2, 0.25) is 0 Å². The number of hydrogen-bond donors (Lipinski definition) is 1. The molecule has 3 rings (SSSR count). The monoisotopic (exact) mass is 283 g/mol. The van der Waals surface area contributed by atoms with E-state index in [1.165, 1.54) is 11.3 Å². The van der Waals surface area contributed by atoms with Crippen LogP contribution in [0.4, 0.5) is 0 Å². The number of aromatic nitrogens is 2. The van der Waals surface area contributed by atoms with E-state index in [0.29, 0.717) is 0 Å². The Morgan fingerprint density at radius 2 is 2.05 bits per heavy atom. The van der Waals surface area contributed by atoms with Crippen LogP contribution in [0, 0.1) is 0 Å². The van der Waals surface area contributed by atoms with E-state index in [1.807, 2.05) is 36.1 Å². The van der Waals surface area contributed by atoms with Crippen LogP contribution in [0.2, 0.25) is 0 Å². The summed E-state index contributed by atoms with van der Waals surface area (Å²) in [5.74, 6) is 0. The molecular formula is C16H17N3S. The lowest BCUT2D eigenvalue weighted by Gasteiger charge is -2.17. The van der Waals surface area contributed by atoms with Gasteiger partial charge >= 0.3 is 0 Å². The minimum absolute atomic E-state index is 0.257. The lowest BCUT2D eigenvalue weighted by Crippen LogP contribution is -2.21. The second-order valence-corrected chi connectivity index (χ2v) is 5.46. The number of thiophene rings is 1. The predicted molar refractivity (Wildman–Crippen MR) is 83.4 cm³/mol. The molecule has 4 heteroatoms. The van der Waals surface area contributed by atoms with E-state index in [-0.39, 0.29) is 6.04 Å². The Morgan fingerprint density at radius 1 is 1.20 bits per heavy atom. The summed E-state index contributed by atoms with van der Waals surface area (Å²) in [5, 5.41) is 12.2. The minimum atomic E-state index is 0.257. The number of nitrogens with one attached hydrogen (secondary N) is 1. The molecule has 0 aliphatic heterocycles. The molecule has 0 aliphatic carbocycles. The Kier molecular flexibility index (Phi) is 3.95. The Labute approximate surface area is 122 Å². The van der Waals surface area contributed by atoms with Gasteiger partial charge in [-0.15, -0.1) is 0 Å². The van der Waals surface area contributed by atoms with Crippen molar-refractivity contribution in [3.8, 4) is 5.69 Å². The van der Waals surface area contributed by atoms with Gasteiger partial charge in [0.25, 0.3) is 0 Å². The highest BCUT2D eigenvalue weighted by Crippen LogP contribution is 2.21. The van der Waals surface area contributed by atoms with Crippen LogP contribution in [-0.2, 0) is 6.42 Å². The van der Waals surface area contributed by atoms with Crippen LogP contribution in [0.15, 0.2) is 59.4 Å². The molecule has 20 heavy (non-hydrogen) atoms. The summed E-state index contributed by atoms with van der Waals surface area (Å²) in [6.45, 7) is 0. The molecule has 0 spiro atoms. The van der Waals surface area contributed by atoms with E-state index >= 15 is 0 Å². The maximum atomic E-state index is 4.46. The van der Waals surface area contributed by atoms with Crippen molar-refractivity contribution in [2.75, 3.05) is 7.05 Å². The zero-order valence-electron chi connectivity index (χ0n) is 11.4. The van der Waals surface area contributed by atoms with E-state index in [4.69, 9.17) is 0 Å². The number of likely N-dealkylation sites (N-methyl/N-ethyl adjacent to an activating group) is 1. The first-order valence-corrected chi connectivity index (χ1v) is 7.60. The average molecular weight is 283 g/mol. The molecule has 0 amide bonds. The molecule has 2 heterocycles. The fourth-order valence-corrected chi connectivity index (χ4v) is 3.04. The van der Waals surface area contributed by atoms with Crippen molar-refractivity contribution in [1.82, 2.24) is 15.1 Å². The molecule has 1 aromatic carbocycles. The van der Waals surface area contributed by atoms with Crippen LogP contribution >= 0.6 is 11.3 Å². The molecule has 0 aliphatic rings. The van der Waals surface area contributed by atoms with Gasteiger partial charge in [-0.3, -0.25) is 0 Å². The molecule has 1 atom stereocenters. The summed E-state index contributed by atoms with van der Waals surface area (Å²) in [7, 11) is 2.00. The standard InChI is InChI=1S/C16H17N3S/c1-17-15(11-13-8-10-20-12-13)16-7-9-18-19(16)14-5-3-2-4-6-14/h2-10,12,15,17H,11H2,1H3. The average Bonchev–Trinajstić information content (AvgIpc) is 3.17. The number of benzene rings is 1. The van der Waals surface area contributed by atoms with Crippen molar-refractivity contribution in [2.24, 2.45) is 0 Å². The molecule has 0 bridgehead atoms. The Morgan fingerprint density at radius 3 is 2.75 bits per heavy atom. The highest BCUT2D eigenvalue weighted by molar-refractivity contribution is 7.07. The third-order valence-corrected chi connectivity index (χ3v) is 4.13. The largest absolute Gasteiger partial charge is 0.311 e. The molecule has 2 aromatic heterocycles. The molecule has 1 unspecified atom stereocenters. The smallest absolute Gasteiger partial charge is 0.0649 e. The summed E-state index contributed by atoms with van der Waals surface area (Å²) < 4.78 is 2.01. The first-order valence-electron chi connectivity index (χ1n) is 6.66. The van der Waals surface area contributed by atoms with Crippen molar-refractivity contribution >= 4 is 11.3 Å². The second kappa shape index (κ2) is 6.03. The molecule has 3 aromatic rings. The Balaban J connectivity index is 1.91. The molecule has 102 valence electrons. The van der Waals surface area contributed by atoms with Gasteiger partial charge in [0.1, 0.15) is 0 Å². The topological polar surface area (TPSA) is 29.9 Å². The Hall–Kier alpha value is -1.91. The molecule has 3 nitrogen and oxygen atoms in total. The molecule has 0 radical (unpaired) electrons. The lowest BCUT2D eigenvalue weighted by molar-refractivity contribution is 0.556. The van der Waals surface area contributed by atoms with Gasteiger partial charge in [-0.1, -0.05) is 18.2 Å². The fraction of sp³-hybridized carbons (Fsp3) is 0.188. The predicted octanol–water partition coefficient (Wildman–Crippen LogP) is 3.44. The van der Waals surface area contributed by atoms with E-state index in [1.54, 1.807) is 11.3 Å². The third kappa shape index (κ3) is 2.66. The van der Waals surface area contributed by atoms with Crippen LogP contribution in [0.1, 0.15) is 17.3 Å². The van der Waals surface area contributed by atoms with Crippen LogP contribution in [0.25, 0.3) is 5.69 Å². The summed E-state index contributed by atoms with van der Waals surface area (Å²) in [6.07, 6.45) is 2.83. The fourth-order valence-electron chi connectivity index (χ4n) is 2.36. The normalized spacial score (nSPS) is 12.4. The lowest BCUT2D eigenvalue weighted by atomic mass is 10.1. The maximum absolute atomic E-state index is 4.46. The first-order chi connectivity index (χ1) is 9.88. The van der Waals surface area contributed by atoms with Gasteiger partial charge in [-0.25, -0.2) is 4.68 Å². The first kappa shape index (κ1) is 13.1. The molecule has 0 fully saturated rings. The quantitative estimate of drug-likeness (QED) is 0.777. The van der Waals surface area contributed by atoms with Gasteiger partial charge < -0.3 is 5.32 Å². The van der Waals surface area contributed by atoms with E-state index in [2.05, 4.69) is 45.4 Å². The van der Waals surface area contributed by atoms with Gasteiger partial charge in [-0.05, 0) is 54.1 Å². The van der Waals surface area contributed by atoms with Gasteiger partial charge in [0.15, 0.2) is 0 Å². The Bertz CT molecular complexity index is 643. The summed E-state index contributed by atoms with van der Waals surface area (Å²) in [6, 6.07) is 14.8. The number of para-hydroxylation sites is 1.